The smallest absolute Gasteiger partial charge is 0.191 e. The van der Waals surface area contributed by atoms with Crippen LogP contribution < -0.4 is 10.6 Å². The molecule has 3 rings (SSSR count). The van der Waals surface area contributed by atoms with Crippen molar-refractivity contribution in [1.82, 2.24) is 15.6 Å². The third kappa shape index (κ3) is 4.92. The molecule has 1 heterocycles. The van der Waals surface area contributed by atoms with Gasteiger partial charge in [-0.3, -0.25) is 4.99 Å². The quantitative estimate of drug-likeness (QED) is 0.398. The molecule has 130 valence electrons. The molecule has 2 aromatic rings. The van der Waals surface area contributed by atoms with Crippen LogP contribution >= 0.6 is 35.3 Å². The van der Waals surface area contributed by atoms with Crippen molar-refractivity contribution >= 4 is 41.3 Å². The first-order valence-corrected chi connectivity index (χ1v) is 9.15. The van der Waals surface area contributed by atoms with Crippen LogP contribution in [0.3, 0.4) is 0 Å². The van der Waals surface area contributed by atoms with Crippen LogP contribution in [0.15, 0.2) is 34.6 Å². The first kappa shape index (κ1) is 19.2. The van der Waals surface area contributed by atoms with Crippen LogP contribution in [0.5, 0.6) is 0 Å². The molecule has 0 saturated heterocycles. The number of benzene rings is 1. The fourth-order valence-electron chi connectivity index (χ4n) is 2.90. The molecule has 1 atom stereocenters. The standard InChI is InChI=1S/C18H24N4S.HI/c1-3-19-18(20-9-8-16-12-23-13(2)22-16)21-11-15-10-14-6-4-5-7-17(14)15;/h4-7,12,15H,3,8-11H2,1-2H3,(H2,19,20,21);1H. The van der Waals surface area contributed by atoms with Crippen molar-refractivity contribution in [3.8, 4) is 0 Å². The van der Waals surface area contributed by atoms with Crippen molar-refractivity contribution in [3.63, 3.8) is 0 Å². The van der Waals surface area contributed by atoms with Crippen LogP contribution in [0.25, 0.3) is 0 Å². The van der Waals surface area contributed by atoms with E-state index >= 15 is 0 Å². The number of hydrogen-bond acceptors (Lipinski definition) is 3. The number of fused-ring (bicyclic) bond motifs is 1. The molecule has 6 heteroatoms. The van der Waals surface area contributed by atoms with E-state index in [2.05, 4.69) is 52.2 Å². The summed E-state index contributed by atoms with van der Waals surface area (Å²) < 4.78 is 0. The maximum atomic E-state index is 4.75. The number of nitrogens with one attached hydrogen (secondary N) is 2. The molecule has 0 spiro atoms. The lowest BCUT2D eigenvalue weighted by Crippen LogP contribution is -2.39. The predicted molar refractivity (Wildman–Crippen MR) is 113 cm³/mol. The summed E-state index contributed by atoms with van der Waals surface area (Å²) in [5.41, 5.74) is 4.10. The van der Waals surface area contributed by atoms with Gasteiger partial charge in [0.1, 0.15) is 0 Å². The van der Waals surface area contributed by atoms with E-state index in [1.807, 2.05) is 6.92 Å². The van der Waals surface area contributed by atoms with Gasteiger partial charge in [-0.15, -0.1) is 35.3 Å². The molecule has 1 aromatic heterocycles. The molecule has 0 saturated carbocycles. The Morgan fingerprint density at radius 1 is 1.33 bits per heavy atom. The molecule has 0 amide bonds. The van der Waals surface area contributed by atoms with Crippen LogP contribution in [0, 0.1) is 6.92 Å². The zero-order valence-electron chi connectivity index (χ0n) is 14.2. The van der Waals surface area contributed by atoms with E-state index in [1.165, 1.54) is 11.1 Å². The molecular formula is C18H25IN4S. The van der Waals surface area contributed by atoms with Gasteiger partial charge in [-0.2, -0.15) is 0 Å². The van der Waals surface area contributed by atoms with E-state index in [0.717, 1.165) is 49.1 Å². The Balaban J connectivity index is 0.00000208. The predicted octanol–water partition coefficient (Wildman–Crippen LogP) is 3.51. The highest BCUT2D eigenvalue weighted by Gasteiger charge is 2.24. The largest absolute Gasteiger partial charge is 0.357 e. The van der Waals surface area contributed by atoms with Crippen LogP contribution in [0.1, 0.15) is 34.7 Å². The van der Waals surface area contributed by atoms with Crippen LogP contribution in [0.4, 0.5) is 0 Å². The second kappa shape index (κ2) is 9.36. The fourth-order valence-corrected chi connectivity index (χ4v) is 3.55. The van der Waals surface area contributed by atoms with E-state index in [-0.39, 0.29) is 24.0 Å². The highest BCUT2D eigenvalue weighted by molar-refractivity contribution is 14.0. The Hall–Kier alpha value is -1.15. The summed E-state index contributed by atoms with van der Waals surface area (Å²) in [5.74, 6) is 1.48. The number of hydrogen-bond donors (Lipinski definition) is 2. The van der Waals surface area contributed by atoms with Crippen molar-refractivity contribution in [2.45, 2.75) is 32.6 Å². The summed E-state index contributed by atoms with van der Waals surface area (Å²) in [6.07, 6.45) is 2.08. The summed E-state index contributed by atoms with van der Waals surface area (Å²) >= 11 is 1.71. The number of halogens is 1. The summed E-state index contributed by atoms with van der Waals surface area (Å²) in [6, 6.07) is 8.68. The Morgan fingerprint density at radius 3 is 2.88 bits per heavy atom. The first-order chi connectivity index (χ1) is 11.3. The minimum Gasteiger partial charge on any atom is -0.357 e. The van der Waals surface area contributed by atoms with Crippen molar-refractivity contribution < 1.29 is 0 Å². The number of aromatic nitrogens is 1. The zero-order chi connectivity index (χ0) is 16.1. The van der Waals surface area contributed by atoms with E-state index in [0.29, 0.717) is 5.92 Å². The number of rotatable bonds is 6. The summed E-state index contributed by atoms with van der Waals surface area (Å²) in [5, 5.41) is 9.99. The Kier molecular flexibility index (Phi) is 7.48. The van der Waals surface area contributed by atoms with Gasteiger partial charge in [-0.05, 0) is 31.4 Å². The monoisotopic (exact) mass is 456 g/mol. The van der Waals surface area contributed by atoms with E-state index < -0.39 is 0 Å². The Labute approximate surface area is 165 Å². The number of thiazole rings is 1. The van der Waals surface area contributed by atoms with Crippen molar-refractivity contribution in [1.29, 1.82) is 0 Å². The third-order valence-electron chi connectivity index (χ3n) is 4.12. The molecule has 0 aliphatic heterocycles. The summed E-state index contributed by atoms with van der Waals surface area (Å²) in [6.45, 7) is 6.73. The fraction of sp³-hybridized carbons (Fsp3) is 0.444. The molecule has 24 heavy (non-hydrogen) atoms. The lowest BCUT2D eigenvalue weighted by atomic mass is 9.78. The van der Waals surface area contributed by atoms with Gasteiger partial charge < -0.3 is 10.6 Å². The van der Waals surface area contributed by atoms with Gasteiger partial charge in [-0.1, -0.05) is 24.3 Å². The summed E-state index contributed by atoms with van der Waals surface area (Å²) in [4.78, 5) is 9.24. The number of aryl methyl sites for hydroxylation is 1. The van der Waals surface area contributed by atoms with Gasteiger partial charge in [0.25, 0.3) is 0 Å². The molecule has 1 aliphatic carbocycles. The SMILES string of the molecule is CCNC(=NCC1Cc2ccccc21)NCCc1csc(C)n1.I. The molecule has 0 fully saturated rings. The summed E-state index contributed by atoms with van der Waals surface area (Å²) in [7, 11) is 0. The lowest BCUT2D eigenvalue weighted by Gasteiger charge is -2.28. The molecule has 1 aliphatic rings. The molecule has 0 bridgehead atoms. The molecule has 0 radical (unpaired) electrons. The molecule has 2 N–H and O–H groups in total. The topological polar surface area (TPSA) is 49.3 Å². The first-order valence-electron chi connectivity index (χ1n) is 8.27. The number of nitrogens with zero attached hydrogens (tertiary/aromatic N) is 2. The van der Waals surface area contributed by atoms with Crippen LogP contribution in [-0.4, -0.2) is 30.6 Å². The van der Waals surface area contributed by atoms with E-state index in [9.17, 15) is 0 Å². The third-order valence-corrected chi connectivity index (χ3v) is 4.94. The van der Waals surface area contributed by atoms with Gasteiger partial charge >= 0.3 is 0 Å². The van der Waals surface area contributed by atoms with Crippen molar-refractivity contribution in [3.05, 3.63) is 51.5 Å². The van der Waals surface area contributed by atoms with E-state index in [1.54, 1.807) is 11.3 Å². The lowest BCUT2D eigenvalue weighted by molar-refractivity contribution is 0.614. The molecule has 1 aromatic carbocycles. The normalized spacial score (nSPS) is 15.9. The van der Waals surface area contributed by atoms with E-state index in [4.69, 9.17) is 4.99 Å². The maximum Gasteiger partial charge on any atom is 0.191 e. The van der Waals surface area contributed by atoms with Crippen LogP contribution in [-0.2, 0) is 12.8 Å². The average Bonchev–Trinajstić information content (AvgIpc) is 2.93. The molecular weight excluding hydrogens is 431 g/mol. The highest BCUT2D eigenvalue weighted by Crippen LogP contribution is 2.34. The molecule has 1 unspecified atom stereocenters. The molecule has 4 nitrogen and oxygen atoms in total. The Morgan fingerprint density at radius 2 is 2.17 bits per heavy atom. The van der Waals surface area contributed by atoms with Gasteiger partial charge in [0.2, 0.25) is 0 Å². The van der Waals surface area contributed by atoms with Crippen LogP contribution in [0.2, 0.25) is 0 Å². The minimum absolute atomic E-state index is 0. The van der Waals surface area contributed by atoms with Crippen molar-refractivity contribution in [2.75, 3.05) is 19.6 Å². The Bertz CT molecular complexity index is 683. The van der Waals surface area contributed by atoms with Gasteiger partial charge in [0.05, 0.1) is 10.7 Å². The zero-order valence-corrected chi connectivity index (χ0v) is 17.4. The second-order valence-electron chi connectivity index (χ2n) is 5.85. The van der Waals surface area contributed by atoms with Gasteiger partial charge in [0.15, 0.2) is 5.96 Å². The van der Waals surface area contributed by atoms with Gasteiger partial charge in [0, 0.05) is 37.4 Å². The number of aliphatic imine (C=N–C) groups is 1. The average molecular weight is 456 g/mol. The second-order valence-corrected chi connectivity index (χ2v) is 6.92. The maximum absolute atomic E-state index is 4.75. The highest BCUT2D eigenvalue weighted by atomic mass is 127. The number of guanidine groups is 1. The minimum atomic E-state index is 0. The van der Waals surface area contributed by atoms with Gasteiger partial charge in [-0.25, -0.2) is 4.98 Å². The van der Waals surface area contributed by atoms with Crippen molar-refractivity contribution in [2.24, 2.45) is 4.99 Å².